The molecule has 0 spiro atoms. The maximum absolute atomic E-state index is 11.3. The van der Waals surface area contributed by atoms with Gasteiger partial charge >= 0.3 is 5.97 Å². The van der Waals surface area contributed by atoms with Gasteiger partial charge in [-0.1, -0.05) is 6.92 Å². The Bertz CT molecular complexity index is 323. The first-order valence-electron chi connectivity index (χ1n) is 4.02. The van der Waals surface area contributed by atoms with E-state index in [1.54, 1.807) is 12.3 Å². The van der Waals surface area contributed by atoms with E-state index < -0.39 is 5.97 Å². The summed E-state index contributed by atoms with van der Waals surface area (Å²) in [5.74, 6) is -0.428. The van der Waals surface area contributed by atoms with Crippen molar-refractivity contribution in [3.05, 3.63) is 23.5 Å². The Morgan fingerprint density at radius 1 is 1.69 bits per heavy atom. The molecule has 0 fully saturated rings. The van der Waals surface area contributed by atoms with Crippen LogP contribution >= 0.6 is 0 Å². The molecular formula is C9H12N2O2. The van der Waals surface area contributed by atoms with Gasteiger partial charge in [0, 0.05) is 11.9 Å². The van der Waals surface area contributed by atoms with E-state index >= 15 is 0 Å². The van der Waals surface area contributed by atoms with Crippen molar-refractivity contribution in [1.29, 1.82) is 0 Å². The van der Waals surface area contributed by atoms with Crippen LogP contribution in [0.2, 0.25) is 0 Å². The number of anilines is 1. The third-order valence-corrected chi connectivity index (χ3v) is 1.79. The Morgan fingerprint density at radius 2 is 2.38 bits per heavy atom. The number of aromatic nitrogens is 1. The van der Waals surface area contributed by atoms with E-state index in [4.69, 9.17) is 5.73 Å². The first kappa shape index (κ1) is 9.51. The zero-order valence-corrected chi connectivity index (χ0v) is 7.70. The maximum Gasteiger partial charge on any atom is 0.341 e. The van der Waals surface area contributed by atoms with Gasteiger partial charge in [0.05, 0.1) is 12.8 Å². The van der Waals surface area contributed by atoms with Crippen LogP contribution in [-0.4, -0.2) is 18.1 Å². The van der Waals surface area contributed by atoms with Crippen molar-refractivity contribution in [3.63, 3.8) is 0 Å². The zero-order chi connectivity index (χ0) is 9.84. The molecule has 0 aliphatic carbocycles. The number of nitrogen functional groups attached to an aromatic ring is 1. The summed E-state index contributed by atoms with van der Waals surface area (Å²) in [5.41, 5.74) is 7.10. The molecule has 0 aromatic carbocycles. The van der Waals surface area contributed by atoms with E-state index in [0.29, 0.717) is 23.4 Å². The summed E-state index contributed by atoms with van der Waals surface area (Å²) in [5, 5.41) is 0. The average Bonchev–Trinajstić information content (AvgIpc) is 2.16. The molecule has 4 nitrogen and oxygen atoms in total. The standard InChI is InChI=1S/C9H12N2O2/c1-3-7-8(9(12)13-2)6(10)4-5-11-7/h4-5H,3H2,1-2H3,(H2,10,11). The fourth-order valence-electron chi connectivity index (χ4n) is 1.13. The molecule has 1 heterocycles. The summed E-state index contributed by atoms with van der Waals surface area (Å²) in [6.45, 7) is 1.91. The van der Waals surface area contributed by atoms with E-state index in [9.17, 15) is 4.79 Å². The normalized spacial score (nSPS) is 9.69. The molecule has 0 aliphatic rings. The lowest BCUT2D eigenvalue weighted by Crippen LogP contribution is -2.10. The number of methoxy groups -OCH3 is 1. The largest absolute Gasteiger partial charge is 0.465 e. The second kappa shape index (κ2) is 3.89. The monoisotopic (exact) mass is 180 g/mol. The summed E-state index contributed by atoms with van der Waals surface area (Å²) < 4.78 is 4.60. The second-order valence-electron chi connectivity index (χ2n) is 2.57. The van der Waals surface area contributed by atoms with Gasteiger partial charge < -0.3 is 10.5 Å². The minimum absolute atomic E-state index is 0.382. The lowest BCUT2D eigenvalue weighted by atomic mass is 10.1. The Balaban J connectivity index is 3.22. The van der Waals surface area contributed by atoms with Crippen LogP contribution in [0.15, 0.2) is 12.3 Å². The number of pyridine rings is 1. The third-order valence-electron chi connectivity index (χ3n) is 1.79. The first-order valence-corrected chi connectivity index (χ1v) is 4.02. The molecule has 1 rings (SSSR count). The number of ether oxygens (including phenoxy) is 1. The van der Waals surface area contributed by atoms with Crippen LogP contribution in [0, 0.1) is 0 Å². The van der Waals surface area contributed by atoms with Crippen molar-refractivity contribution in [2.24, 2.45) is 0 Å². The van der Waals surface area contributed by atoms with Crippen LogP contribution in [0.3, 0.4) is 0 Å². The smallest absolute Gasteiger partial charge is 0.341 e. The zero-order valence-electron chi connectivity index (χ0n) is 7.70. The highest BCUT2D eigenvalue weighted by Gasteiger charge is 2.14. The molecule has 2 N–H and O–H groups in total. The van der Waals surface area contributed by atoms with E-state index in [0.717, 1.165) is 0 Å². The summed E-state index contributed by atoms with van der Waals surface area (Å²) in [6.07, 6.45) is 2.25. The molecule has 0 bridgehead atoms. The predicted octanol–water partition coefficient (Wildman–Crippen LogP) is 1.01. The number of esters is 1. The number of carbonyl (C=O) groups is 1. The van der Waals surface area contributed by atoms with Gasteiger partial charge in [0.25, 0.3) is 0 Å². The van der Waals surface area contributed by atoms with E-state index in [2.05, 4.69) is 9.72 Å². The summed E-state index contributed by atoms with van der Waals surface area (Å²) >= 11 is 0. The number of carbonyl (C=O) groups excluding carboxylic acids is 1. The third kappa shape index (κ3) is 1.77. The van der Waals surface area contributed by atoms with Crippen LogP contribution in [-0.2, 0) is 11.2 Å². The number of hydrogen-bond donors (Lipinski definition) is 1. The topological polar surface area (TPSA) is 65.2 Å². The van der Waals surface area contributed by atoms with Crippen LogP contribution in [0.4, 0.5) is 5.69 Å². The fraction of sp³-hybridized carbons (Fsp3) is 0.333. The van der Waals surface area contributed by atoms with E-state index in [1.807, 2.05) is 6.92 Å². The quantitative estimate of drug-likeness (QED) is 0.690. The molecular weight excluding hydrogens is 168 g/mol. The van der Waals surface area contributed by atoms with Gasteiger partial charge in [-0.05, 0) is 12.5 Å². The summed E-state index contributed by atoms with van der Waals surface area (Å²) in [7, 11) is 1.33. The molecule has 1 aromatic rings. The summed E-state index contributed by atoms with van der Waals surface area (Å²) in [4.78, 5) is 15.3. The van der Waals surface area contributed by atoms with Gasteiger partial charge in [-0.15, -0.1) is 0 Å². The van der Waals surface area contributed by atoms with E-state index in [1.165, 1.54) is 7.11 Å². The Labute approximate surface area is 76.7 Å². The van der Waals surface area contributed by atoms with Crippen LogP contribution < -0.4 is 5.73 Å². The number of aryl methyl sites for hydroxylation is 1. The second-order valence-corrected chi connectivity index (χ2v) is 2.57. The molecule has 0 radical (unpaired) electrons. The lowest BCUT2D eigenvalue weighted by Gasteiger charge is -2.06. The molecule has 0 saturated carbocycles. The minimum atomic E-state index is -0.428. The Kier molecular flexibility index (Phi) is 2.84. The highest BCUT2D eigenvalue weighted by Crippen LogP contribution is 2.15. The van der Waals surface area contributed by atoms with Crippen molar-refractivity contribution < 1.29 is 9.53 Å². The van der Waals surface area contributed by atoms with Crippen molar-refractivity contribution in [2.45, 2.75) is 13.3 Å². The SMILES string of the molecule is CCc1nccc(N)c1C(=O)OC. The Morgan fingerprint density at radius 3 is 2.92 bits per heavy atom. The lowest BCUT2D eigenvalue weighted by molar-refractivity contribution is 0.0600. The molecule has 0 aliphatic heterocycles. The maximum atomic E-state index is 11.3. The number of nitrogens with zero attached hydrogens (tertiary/aromatic N) is 1. The molecule has 0 amide bonds. The summed E-state index contributed by atoms with van der Waals surface area (Å²) in [6, 6.07) is 1.59. The average molecular weight is 180 g/mol. The number of hydrogen-bond acceptors (Lipinski definition) is 4. The molecule has 1 aromatic heterocycles. The number of nitrogens with two attached hydrogens (primary N) is 1. The molecule has 0 saturated heterocycles. The van der Waals surface area contributed by atoms with Crippen LogP contribution in [0.25, 0.3) is 0 Å². The minimum Gasteiger partial charge on any atom is -0.465 e. The van der Waals surface area contributed by atoms with Gasteiger partial charge in [0.1, 0.15) is 5.56 Å². The van der Waals surface area contributed by atoms with Crippen molar-refractivity contribution in [3.8, 4) is 0 Å². The highest BCUT2D eigenvalue weighted by atomic mass is 16.5. The molecule has 4 heteroatoms. The molecule has 0 atom stereocenters. The van der Waals surface area contributed by atoms with E-state index in [-0.39, 0.29) is 0 Å². The Hall–Kier alpha value is -1.58. The van der Waals surface area contributed by atoms with Crippen molar-refractivity contribution in [1.82, 2.24) is 4.98 Å². The van der Waals surface area contributed by atoms with Gasteiger partial charge in [-0.2, -0.15) is 0 Å². The highest BCUT2D eigenvalue weighted by molar-refractivity contribution is 5.96. The molecule has 13 heavy (non-hydrogen) atoms. The van der Waals surface area contributed by atoms with Crippen molar-refractivity contribution in [2.75, 3.05) is 12.8 Å². The van der Waals surface area contributed by atoms with Crippen molar-refractivity contribution >= 4 is 11.7 Å². The number of rotatable bonds is 2. The van der Waals surface area contributed by atoms with Gasteiger partial charge in [-0.3, -0.25) is 4.98 Å². The van der Waals surface area contributed by atoms with Gasteiger partial charge in [-0.25, -0.2) is 4.79 Å². The van der Waals surface area contributed by atoms with Crippen LogP contribution in [0.5, 0.6) is 0 Å². The predicted molar refractivity (Wildman–Crippen MR) is 49.4 cm³/mol. The van der Waals surface area contributed by atoms with Gasteiger partial charge in [0.2, 0.25) is 0 Å². The van der Waals surface area contributed by atoms with Crippen LogP contribution in [0.1, 0.15) is 23.0 Å². The first-order chi connectivity index (χ1) is 6.20. The van der Waals surface area contributed by atoms with Gasteiger partial charge in [0.15, 0.2) is 0 Å². The molecule has 70 valence electrons. The molecule has 0 unspecified atom stereocenters. The fourth-order valence-corrected chi connectivity index (χ4v) is 1.13.